The first-order valence-corrected chi connectivity index (χ1v) is 7.15. The minimum atomic E-state index is -0.564. The molecule has 0 fully saturated rings. The minimum absolute atomic E-state index is 0.0952. The second-order valence-electron chi connectivity index (χ2n) is 4.72. The van der Waals surface area contributed by atoms with E-state index in [1.165, 1.54) is 12.1 Å². The lowest BCUT2D eigenvalue weighted by Crippen LogP contribution is -2.05. The summed E-state index contributed by atoms with van der Waals surface area (Å²) in [5.41, 5.74) is 0.944. The van der Waals surface area contributed by atoms with Crippen LogP contribution in [0.1, 0.15) is 16.1 Å². The predicted molar refractivity (Wildman–Crippen MR) is 82.5 cm³/mol. The van der Waals surface area contributed by atoms with Crippen molar-refractivity contribution < 1.29 is 18.4 Å². The summed E-state index contributed by atoms with van der Waals surface area (Å²) < 4.78 is 23.9. The molecular formula is C17H11ClFNO3. The monoisotopic (exact) mass is 331 g/mol. The van der Waals surface area contributed by atoms with Gasteiger partial charge in [0.25, 0.3) is 0 Å². The summed E-state index contributed by atoms with van der Waals surface area (Å²) in [7, 11) is 0. The molecule has 0 N–H and O–H groups in total. The maximum Gasteiger partial charge on any atom is 0.340 e. The van der Waals surface area contributed by atoms with Gasteiger partial charge in [-0.15, -0.1) is 0 Å². The van der Waals surface area contributed by atoms with Crippen molar-refractivity contribution in [1.82, 2.24) is 5.16 Å². The zero-order valence-electron chi connectivity index (χ0n) is 11.8. The molecule has 3 rings (SSSR count). The topological polar surface area (TPSA) is 52.3 Å². The van der Waals surface area contributed by atoms with E-state index < -0.39 is 11.8 Å². The first kappa shape index (κ1) is 15.2. The number of carbonyl (C=O) groups is 1. The molecular weight excluding hydrogens is 321 g/mol. The van der Waals surface area contributed by atoms with Gasteiger partial charge in [0.2, 0.25) is 0 Å². The molecule has 1 aromatic heterocycles. The second kappa shape index (κ2) is 6.62. The fraction of sp³-hybridized carbons (Fsp3) is 0.0588. The molecule has 4 nitrogen and oxygen atoms in total. The van der Waals surface area contributed by atoms with E-state index in [-0.39, 0.29) is 17.9 Å². The number of aromatic nitrogens is 1. The molecule has 0 aliphatic rings. The maximum absolute atomic E-state index is 13.7. The van der Waals surface area contributed by atoms with E-state index in [1.807, 2.05) is 0 Å². The molecule has 0 saturated heterocycles. The fourth-order valence-corrected chi connectivity index (χ4v) is 2.22. The quantitative estimate of drug-likeness (QED) is 0.661. The SMILES string of the molecule is O=C(OCc1cc(-c2ccccc2F)on1)c1ccccc1Cl. The molecule has 1 heterocycles. The molecule has 0 radical (unpaired) electrons. The molecule has 2 aromatic carbocycles. The molecule has 0 atom stereocenters. The summed E-state index contributed by atoms with van der Waals surface area (Å²) in [4.78, 5) is 11.9. The first-order valence-electron chi connectivity index (χ1n) is 6.77. The van der Waals surface area contributed by atoms with E-state index in [0.717, 1.165) is 0 Å². The van der Waals surface area contributed by atoms with Gasteiger partial charge in [-0.2, -0.15) is 0 Å². The van der Waals surface area contributed by atoms with Crippen LogP contribution in [0.25, 0.3) is 11.3 Å². The summed E-state index contributed by atoms with van der Waals surface area (Å²) in [6, 6.07) is 14.3. The number of halogens is 2. The molecule has 0 aliphatic carbocycles. The first-order chi connectivity index (χ1) is 11.1. The highest BCUT2D eigenvalue weighted by Crippen LogP contribution is 2.23. The Morgan fingerprint density at radius 3 is 2.70 bits per heavy atom. The van der Waals surface area contributed by atoms with Crippen molar-refractivity contribution in [3.8, 4) is 11.3 Å². The molecule has 0 bridgehead atoms. The zero-order valence-corrected chi connectivity index (χ0v) is 12.6. The highest BCUT2D eigenvalue weighted by molar-refractivity contribution is 6.33. The molecule has 116 valence electrons. The van der Waals surface area contributed by atoms with E-state index in [2.05, 4.69) is 5.16 Å². The standard InChI is InChI=1S/C17H11ClFNO3/c18-14-7-3-1-5-12(14)17(21)22-10-11-9-16(23-20-11)13-6-2-4-8-15(13)19/h1-9H,10H2. The summed E-state index contributed by atoms with van der Waals surface area (Å²) >= 11 is 5.93. The maximum atomic E-state index is 13.7. The predicted octanol–water partition coefficient (Wildman–Crippen LogP) is 4.49. The normalized spacial score (nSPS) is 10.5. The fourth-order valence-electron chi connectivity index (χ4n) is 2.01. The van der Waals surface area contributed by atoms with Gasteiger partial charge < -0.3 is 9.26 Å². The Bertz CT molecular complexity index is 847. The van der Waals surface area contributed by atoms with Crippen LogP contribution in [-0.2, 0) is 11.3 Å². The Balaban J connectivity index is 1.70. The van der Waals surface area contributed by atoms with E-state index >= 15 is 0 Å². The van der Waals surface area contributed by atoms with Gasteiger partial charge in [0.1, 0.15) is 18.1 Å². The van der Waals surface area contributed by atoms with Crippen molar-refractivity contribution in [2.75, 3.05) is 0 Å². The highest BCUT2D eigenvalue weighted by Gasteiger charge is 2.14. The number of nitrogens with zero attached hydrogens (tertiary/aromatic N) is 1. The van der Waals surface area contributed by atoms with Crippen LogP contribution >= 0.6 is 11.6 Å². The van der Waals surface area contributed by atoms with Crippen molar-refractivity contribution in [2.24, 2.45) is 0 Å². The Hall–Kier alpha value is -2.66. The summed E-state index contributed by atoms with van der Waals surface area (Å²) in [5.74, 6) is -0.707. The van der Waals surface area contributed by atoms with Crippen LogP contribution in [0.3, 0.4) is 0 Å². The van der Waals surface area contributed by atoms with Crippen molar-refractivity contribution in [3.05, 3.63) is 76.7 Å². The largest absolute Gasteiger partial charge is 0.455 e. The molecule has 0 saturated carbocycles. The Morgan fingerprint density at radius 1 is 1.17 bits per heavy atom. The van der Waals surface area contributed by atoms with Gasteiger partial charge in [-0.1, -0.05) is 41.0 Å². The molecule has 23 heavy (non-hydrogen) atoms. The number of rotatable bonds is 4. The molecule has 0 unspecified atom stereocenters. The smallest absolute Gasteiger partial charge is 0.340 e. The van der Waals surface area contributed by atoms with Crippen LogP contribution < -0.4 is 0 Å². The van der Waals surface area contributed by atoms with Crippen molar-refractivity contribution in [3.63, 3.8) is 0 Å². The molecule has 0 amide bonds. The third-order valence-corrected chi connectivity index (χ3v) is 3.47. The number of benzene rings is 2. The lowest BCUT2D eigenvalue weighted by atomic mass is 10.1. The van der Waals surface area contributed by atoms with Crippen molar-refractivity contribution in [2.45, 2.75) is 6.61 Å². The van der Waals surface area contributed by atoms with Gasteiger partial charge in [-0.3, -0.25) is 0 Å². The van der Waals surface area contributed by atoms with E-state index in [9.17, 15) is 9.18 Å². The second-order valence-corrected chi connectivity index (χ2v) is 5.13. The van der Waals surface area contributed by atoms with Gasteiger partial charge >= 0.3 is 5.97 Å². The number of carbonyl (C=O) groups excluding carboxylic acids is 1. The van der Waals surface area contributed by atoms with Crippen LogP contribution in [0, 0.1) is 5.82 Å². The number of ether oxygens (including phenoxy) is 1. The molecule has 3 aromatic rings. The van der Waals surface area contributed by atoms with Crippen LogP contribution in [0.2, 0.25) is 5.02 Å². The summed E-state index contributed by atoms with van der Waals surface area (Å²) in [5, 5.41) is 4.08. The third-order valence-electron chi connectivity index (χ3n) is 3.14. The lowest BCUT2D eigenvalue weighted by Gasteiger charge is -2.03. The average Bonchev–Trinajstić information content (AvgIpc) is 3.02. The summed E-state index contributed by atoms with van der Waals surface area (Å²) in [6.07, 6.45) is 0. The van der Waals surface area contributed by atoms with E-state index in [4.69, 9.17) is 20.9 Å². The van der Waals surface area contributed by atoms with Crippen LogP contribution in [0.4, 0.5) is 4.39 Å². The van der Waals surface area contributed by atoms with Gasteiger partial charge in [0, 0.05) is 6.07 Å². The molecule has 6 heteroatoms. The molecule has 0 aliphatic heterocycles. The van der Waals surface area contributed by atoms with Gasteiger partial charge in [0.05, 0.1) is 16.1 Å². The zero-order chi connectivity index (χ0) is 16.2. The number of hydrogen-bond donors (Lipinski definition) is 0. The van der Waals surface area contributed by atoms with Gasteiger partial charge in [0.15, 0.2) is 5.76 Å². The van der Waals surface area contributed by atoms with Gasteiger partial charge in [-0.05, 0) is 24.3 Å². The lowest BCUT2D eigenvalue weighted by molar-refractivity contribution is 0.0464. The van der Waals surface area contributed by atoms with Crippen LogP contribution in [0.5, 0.6) is 0 Å². The number of esters is 1. The van der Waals surface area contributed by atoms with Crippen molar-refractivity contribution in [1.29, 1.82) is 0 Å². The van der Waals surface area contributed by atoms with Crippen molar-refractivity contribution >= 4 is 17.6 Å². The summed E-state index contributed by atoms with van der Waals surface area (Å²) in [6.45, 7) is -0.0952. The third kappa shape index (κ3) is 3.40. The Kier molecular flexibility index (Phi) is 4.39. The Labute approximate surface area is 136 Å². The van der Waals surface area contributed by atoms with E-state index in [1.54, 1.807) is 42.5 Å². The minimum Gasteiger partial charge on any atom is -0.455 e. The molecule has 0 spiro atoms. The van der Waals surface area contributed by atoms with Gasteiger partial charge in [-0.25, -0.2) is 9.18 Å². The number of hydrogen-bond acceptors (Lipinski definition) is 4. The van der Waals surface area contributed by atoms with Crippen LogP contribution in [0.15, 0.2) is 59.1 Å². The Morgan fingerprint density at radius 2 is 1.91 bits per heavy atom. The van der Waals surface area contributed by atoms with E-state index in [0.29, 0.717) is 16.3 Å². The van der Waals surface area contributed by atoms with Crippen LogP contribution in [-0.4, -0.2) is 11.1 Å². The average molecular weight is 332 g/mol. The highest BCUT2D eigenvalue weighted by atomic mass is 35.5.